The Morgan fingerprint density at radius 1 is 1.69 bits per heavy atom. The maximum atomic E-state index is 11.2. The van der Waals surface area contributed by atoms with E-state index in [1.807, 2.05) is 6.92 Å². The van der Waals surface area contributed by atoms with Crippen LogP contribution >= 0.6 is 0 Å². The first kappa shape index (κ1) is 10.5. The molecule has 0 radical (unpaired) electrons. The molecule has 0 saturated carbocycles. The van der Waals surface area contributed by atoms with Gasteiger partial charge >= 0.3 is 5.97 Å². The van der Waals surface area contributed by atoms with Gasteiger partial charge in [0.15, 0.2) is 0 Å². The first-order chi connectivity index (χ1) is 6.22. The minimum Gasteiger partial charge on any atom is -0.461 e. The van der Waals surface area contributed by atoms with E-state index in [4.69, 9.17) is 4.74 Å². The molecule has 1 rings (SSSR count). The SMILES string of the molecule is CCCC(=O)O[C@@H]1CCCN([14CH3])C1. The summed E-state index contributed by atoms with van der Waals surface area (Å²) in [6.07, 6.45) is 3.74. The Hall–Kier alpha value is -0.570. The van der Waals surface area contributed by atoms with Gasteiger partial charge in [0.1, 0.15) is 6.10 Å². The second-order valence-corrected chi connectivity index (χ2v) is 3.77. The fourth-order valence-corrected chi connectivity index (χ4v) is 1.66. The second kappa shape index (κ2) is 5.22. The summed E-state index contributed by atoms with van der Waals surface area (Å²) in [6, 6.07) is 0. The van der Waals surface area contributed by atoms with Gasteiger partial charge in [0.2, 0.25) is 0 Å². The molecule has 3 nitrogen and oxygen atoms in total. The number of likely N-dealkylation sites (tertiary alicyclic amines) is 1. The topological polar surface area (TPSA) is 29.5 Å². The molecule has 1 aliphatic rings. The number of nitrogens with zero attached hydrogens (tertiary/aromatic N) is 1. The van der Waals surface area contributed by atoms with Crippen molar-refractivity contribution >= 4 is 5.97 Å². The third-order valence-electron chi connectivity index (χ3n) is 2.33. The van der Waals surface area contributed by atoms with E-state index >= 15 is 0 Å². The normalized spacial score (nSPS) is 24.3. The molecule has 0 aromatic heterocycles. The molecule has 1 saturated heterocycles. The van der Waals surface area contributed by atoms with Crippen molar-refractivity contribution in [3.8, 4) is 0 Å². The highest BCUT2D eigenvalue weighted by Gasteiger charge is 2.19. The number of ether oxygens (including phenoxy) is 1. The van der Waals surface area contributed by atoms with Crippen LogP contribution in [0.5, 0.6) is 0 Å². The van der Waals surface area contributed by atoms with Gasteiger partial charge in [-0.3, -0.25) is 4.79 Å². The third kappa shape index (κ3) is 3.77. The van der Waals surface area contributed by atoms with Crippen LogP contribution in [0.25, 0.3) is 0 Å². The zero-order chi connectivity index (χ0) is 9.68. The Labute approximate surface area is 80.1 Å². The van der Waals surface area contributed by atoms with E-state index in [0.717, 1.165) is 32.4 Å². The molecule has 0 aromatic rings. The maximum Gasteiger partial charge on any atom is 0.306 e. The number of esters is 1. The van der Waals surface area contributed by atoms with Gasteiger partial charge in [-0.2, -0.15) is 0 Å². The van der Waals surface area contributed by atoms with Crippen LogP contribution in [0.15, 0.2) is 0 Å². The molecule has 13 heavy (non-hydrogen) atoms. The Morgan fingerprint density at radius 2 is 2.46 bits per heavy atom. The standard InChI is InChI=1S/C10H19NO2/c1-3-5-10(12)13-9-6-4-7-11(2)8-9/h9H,3-8H2,1-2H3/t9-/m1/s1/i2+2. The zero-order valence-electron chi connectivity index (χ0n) is 8.58. The lowest BCUT2D eigenvalue weighted by Crippen LogP contribution is -2.38. The fourth-order valence-electron chi connectivity index (χ4n) is 1.66. The summed E-state index contributed by atoms with van der Waals surface area (Å²) < 4.78 is 5.32. The summed E-state index contributed by atoms with van der Waals surface area (Å²) in [5.41, 5.74) is 0. The summed E-state index contributed by atoms with van der Waals surface area (Å²) in [5.74, 6) is -0.0391. The number of carbonyl (C=O) groups is 1. The Morgan fingerprint density at radius 3 is 3.08 bits per heavy atom. The lowest BCUT2D eigenvalue weighted by Gasteiger charge is -2.29. The average molecular weight is 187 g/mol. The molecular formula is C10H19NO2. The monoisotopic (exact) mass is 187 g/mol. The lowest BCUT2D eigenvalue weighted by atomic mass is 10.1. The summed E-state index contributed by atoms with van der Waals surface area (Å²) in [4.78, 5) is 13.4. The van der Waals surface area contributed by atoms with E-state index in [9.17, 15) is 4.79 Å². The van der Waals surface area contributed by atoms with Crippen molar-refractivity contribution in [1.82, 2.24) is 4.90 Å². The molecular weight excluding hydrogens is 168 g/mol. The quantitative estimate of drug-likeness (QED) is 0.626. The molecule has 1 aliphatic heterocycles. The molecule has 0 N–H and O–H groups in total. The minimum atomic E-state index is -0.0391. The smallest absolute Gasteiger partial charge is 0.306 e. The van der Waals surface area contributed by atoms with Crippen molar-refractivity contribution in [2.45, 2.75) is 38.7 Å². The van der Waals surface area contributed by atoms with Crippen molar-refractivity contribution in [3.63, 3.8) is 0 Å². The Bertz CT molecular complexity index is 170. The van der Waals surface area contributed by atoms with Gasteiger partial charge in [-0.25, -0.2) is 0 Å². The number of rotatable bonds is 3. The van der Waals surface area contributed by atoms with E-state index in [1.54, 1.807) is 0 Å². The molecule has 0 aliphatic carbocycles. The number of piperidine rings is 1. The molecule has 76 valence electrons. The van der Waals surface area contributed by atoms with Crippen LogP contribution in [0.3, 0.4) is 0 Å². The van der Waals surface area contributed by atoms with E-state index in [2.05, 4.69) is 11.9 Å². The van der Waals surface area contributed by atoms with Gasteiger partial charge in [0, 0.05) is 13.0 Å². The first-order valence-electron chi connectivity index (χ1n) is 5.10. The molecule has 1 atom stereocenters. The Kier molecular flexibility index (Phi) is 4.22. The van der Waals surface area contributed by atoms with Crippen LogP contribution in [-0.2, 0) is 9.53 Å². The number of hydrogen-bond acceptors (Lipinski definition) is 3. The lowest BCUT2D eigenvalue weighted by molar-refractivity contribution is -0.151. The van der Waals surface area contributed by atoms with Gasteiger partial charge in [0.05, 0.1) is 0 Å². The van der Waals surface area contributed by atoms with Gasteiger partial charge in [-0.15, -0.1) is 0 Å². The van der Waals surface area contributed by atoms with Crippen LogP contribution in [-0.4, -0.2) is 37.1 Å². The van der Waals surface area contributed by atoms with E-state index in [0.29, 0.717) is 6.42 Å². The molecule has 0 unspecified atom stereocenters. The predicted octanol–water partition coefficient (Wildman–Crippen LogP) is 1.42. The predicted molar refractivity (Wildman–Crippen MR) is 51.5 cm³/mol. The average Bonchev–Trinajstić information content (AvgIpc) is 2.04. The van der Waals surface area contributed by atoms with E-state index in [-0.39, 0.29) is 12.1 Å². The van der Waals surface area contributed by atoms with Gasteiger partial charge in [0.25, 0.3) is 0 Å². The van der Waals surface area contributed by atoms with Crippen molar-refractivity contribution in [2.75, 3.05) is 20.1 Å². The summed E-state index contributed by atoms with van der Waals surface area (Å²) in [7, 11) is 2.07. The molecule has 0 bridgehead atoms. The molecule has 1 fully saturated rings. The largest absolute Gasteiger partial charge is 0.461 e. The molecule has 0 aromatic carbocycles. The van der Waals surface area contributed by atoms with Crippen molar-refractivity contribution < 1.29 is 9.53 Å². The van der Waals surface area contributed by atoms with Crippen LogP contribution < -0.4 is 0 Å². The number of likely N-dealkylation sites (N-methyl/N-ethyl adjacent to an activating group) is 1. The van der Waals surface area contributed by atoms with Crippen LogP contribution in [0.1, 0.15) is 32.6 Å². The highest BCUT2D eigenvalue weighted by Crippen LogP contribution is 2.12. The van der Waals surface area contributed by atoms with Gasteiger partial charge < -0.3 is 9.64 Å². The second-order valence-electron chi connectivity index (χ2n) is 3.77. The van der Waals surface area contributed by atoms with Crippen LogP contribution in [0, 0.1) is 0 Å². The Balaban J connectivity index is 2.23. The summed E-state index contributed by atoms with van der Waals surface area (Å²) in [5, 5.41) is 0. The van der Waals surface area contributed by atoms with Crippen molar-refractivity contribution in [2.24, 2.45) is 0 Å². The van der Waals surface area contributed by atoms with E-state index in [1.165, 1.54) is 0 Å². The van der Waals surface area contributed by atoms with Crippen molar-refractivity contribution in [1.29, 1.82) is 0 Å². The van der Waals surface area contributed by atoms with Crippen molar-refractivity contribution in [3.05, 3.63) is 0 Å². The molecule has 3 heteroatoms. The maximum absolute atomic E-state index is 11.2. The van der Waals surface area contributed by atoms with Crippen LogP contribution in [0.2, 0.25) is 0 Å². The van der Waals surface area contributed by atoms with E-state index < -0.39 is 0 Å². The van der Waals surface area contributed by atoms with Gasteiger partial charge in [-0.05, 0) is 32.9 Å². The molecule has 1 heterocycles. The minimum absolute atomic E-state index is 0.0391. The highest BCUT2D eigenvalue weighted by atomic mass is 16.5. The molecule has 0 spiro atoms. The zero-order valence-corrected chi connectivity index (χ0v) is 8.58. The summed E-state index contributed by atoms with van der Waals surface area (Å²) in [6.45, 7) is 4.02. The first-order valence-corrected chi connectivity index (χ1v) is 5.10. The number of carbonyl (C=O) groups excluding carboxylic acids is 1. The summed E-state index contributed by atoms with van der Waals surface area (Å²) >= 11 is 0. The number of hydrogen-bond donors (Lipinski definition) is 0. The highest BCUT2D eigenvalue weighted by molar-refractivity contribution is 5.69. The third-order valence-corrected chi connectivity index (χ3v) is 2.33. The van der Waals surface area contributed by atoms with Crippen LogP contribution in [0.4, 0.5) is 0 Å². The molecule has 0 amide bonds. The fraction of sp³-hybridized carbons (Fsp3) is 0.900. The van der Waals surface area contributed by atoms with Gasteiger partial charge in [-0.1, -0.05) is 6.92 Å².